The molecule has 3 aliphatic rings. The van der Waals surface area contributed by atoms with Gasteiger partial charge in [0.25, 0.3) is 5.69 Å². The molecule has 1 aliphatic carbocycles. The first-order valence-corrected chi connectivity index (χ1v) is 13.0. The Morgan fingerprint density at radius 1 is 0.917 bits per heavy atom. The molecule has 3 heterocycles. The van der Waals surface area contributed by atoms with E-state index in [2.05, 4.69) is 11.1 Å². The molecule has 0 bridgehead atoms. The van der Waals surface area contributed by atoms with Gasteiger partial charge in [0.2, 0.25) is 11.8 Å². The number of nitro benzene ring substituents is 1. The molecule has 8 heteroatoms. The highest BCUT2D eigenvalue weighted by molar-refractivity contribution is 5.97. The number of non-ortho nitro benzene ring substituents is 1. The average Bonchev–Trinajstić information content (AvgIpc) is 3.23. The van der Waals surface area contributed by atoms with Gasteiger partial charge in [-0.15, -0.1) is 0 Å². The number of piperazine rings is 1. The highest BCUT2D eigenvalue weighted by atomic mass is 16.6. The molecule has 2 amide bonds. The molecule has 1 saturated heterocycles. The summed E-state index contributed by atoms with van der Waals surface area (Å²) in [5, 5.41) is 12.3. The summed E-state index contributed by atoms with van der Waals surface area (Å²) in [6.07, 6.45) is 8.18. The Balaban J connectivity index is 1.43. The quantitative estimate of drug-likeness (QED) is 0.422. The number of H-pyrrole nitrogens is 1. The Labute approximate surface area is 209 Å². The molecule has 36 heavy (non-hydrogen) atoms. The summed E-state index contributed by atoms with van der Waals surface area (Å²) in [4.78, 5) is 45.7. The van der Waals surface area contributed by atoms with Gasteiger partial charge in [-0.1, -0.05) is 50.3 Å². The van der Waals surface area contributed by atoms with Crippen LogP contribution < -0.4 is 0 Å². The van der Waals surface area contributed by atoms with Crippen LogP contribution >= 0.6 is 0 Å². The lowest BCUT2D eigenvalue weighted by Crippen LogP contribution is -2.64. The van der Waals surface area contributed by atoms with E-state index in [-0.39, 0.29) is 30.1 Å². The first-order chi connectivity index (χ1) is 17.5. The fourth-order valence-corrected chi connectivity index (χ4v) is 6.47. The Hall–Kier alpha value is -3.68. The van der Waals surface area contributed by atoms with Gasteiger partial charge in [0.1, 0.15) is 12.6 Å². The molecule has 1 saturated carbocycles. The number of hydrogen-bond donors (Lipinski definition) is 1. The van der Waals surface area contributed by atoms with Crippen molar-refractivity contribution < 1.29 is 14.5 Å². The number of nitrogens with one attached hydrogen (secondary N) is 1. The van der Waals surface area contributed by atoms with E-state index in [1.165, 1.54) is 31.4 Å². The highest BCUT2D eigenvalue weighted by Crippen LogP contribution is 2.43. The number of hydrogen-bond acceptors (Lipinski definition) is 4. The topological polar surface area (TPSA) is 99.5 Å². The van der Waals surface area contributed by atoms with Crippen molar-refractivity contribution in [2.45, 2.75) is 69.5 Å². The van der Waals surface area contributed by atoms with Gasteiger partial charge in [-0.05, 0) is 42.2 Å². The SMILES string of the molecule is O=C1[C@@H]2Cc3c([nH]c4ccccc34)C(c3ccc([N+](=O)[O-])cc3)N2C(=O)CN1C1CCCCCCC1. The Morgan fingerprint density at radius 2 is 1.61 bits per heavy atom. The van der Waals surface area contributed by atoms with Crippen LogP contribution in [-0.4, -0.2) is 50.1 Å². The summed E-state index contributed by atoms with van der Waals surface area (Å²) in [5.41, 5.74) is 3.67. The molecule has 2 aliphatic heterocycles. The minimum atomic E-state index is -0.580. The molecule has 8 nitrogen and oxygen atoms in total. The molecule has 0 spiro atoms. The highest BCUT2D eigenvalue weighted by Gasteiger charge is 2.49. The van der Waals surface area contributed by atoms with Crippen molar-refractivity contribution in [3.05, 3.63) is 75.5 Å². The number of carbonyl (C=O) groups excluding carboxylic acids is 2. The number of fused-ring (bicyclic) bond motifs is 4. The second-order valence-corrected chi connectivity index (χ2v) is 10.3. The summed E-state index contributed by atoms with van der Waals surface area (Å²) in [6, 6.07) is 13.4. The van der Waals surface area contributed by atoms with Crippen LogP contribution in [0.4, 0.5) is 5.69 Å². The largest absolute Gasteiger partial charge is 0.356 e. The van der Waals surface area contributed by atoms with Crippen LogP contribution in [0, 0.1) is 10.1 Å². The van der Waals surface area contributed by atoms with E-state index in [1.807, 2.05) is 23.1 Å². The van der Waals surface area contributed by atoms with Crippen LogP contribution in [-0.2, 0) is 16.0 Å². The summed E-state index contributed by atoms with van der Waals surface area (Å²) < 4.78 is 0. The fraction of sp³-hybridized carbons (Fsp3) is 0.429. The van der Waals surface area contributed by atoms with Crippen molar-refractivity contribution in [3.63, 3.8) is 0 Å². The normalized spacial score (nSPS) is 23.2. The van der Waals surface area contributed by atoms with Crippen molar-refractivity contribution in [2.75, 3.05) is 6.54 Å². The third-order valence-electron chi connectivity index (χ3n) is 8.23. The number of aromatic amines is 1. The molecule has 6 rings (SSSR count). The smallest absolute Gasteiger partial charge is 0.269 e. The molecule has 2 atom stereocenters. The number of nitrogens with zero attached hydrogens (tertiary/aromatic N) is 3. The number of para-hydroxylation sites is 1. The lowest BCUT2D eigenvalue weighted by atomic mass is 9.85. The van der Waals surface area contributed by atoms with Gasteiger partial charge in [0.15, 0.2) is 0 Å². The van der Waals surface area contributed by atoms with E-state index in [1.54, 1.807) is 17.0 Å². The third-order valence-corrected chi connectivity index (χ3v) is 8.23. The van der Waals surface area contributed by atoms with Crippen LogP contribution in [0.1, 0.15) is 67.8 Å². The maximum Gasteiger partial charge on any atom is 0.269 e. The molecule has 2 fully saturated rings. The molecule has 0 radical (unpaired) electrons. The number of carbonyl (C=O) groups is 2. The van der Waals surface area contributed by atoms with Crippen molar-refractivity contribution >= 4 is 28.4 Å². The third kappa shape index (κ3) is 3.75. The van der Waals surface area contributed by atoms with Gasteiger partial charge in [-0.3, -0.25) is 19.7 Å². The summed E-state index contributed by atoms with van der Waals surface area (Å²) >= 11 is 0. The van der Waals surface area contributed by atoms with Gasteiger partial charge < -0.3 is 14.8 Å². The van der Waals surface area contributed by atoms with Crippen molar-refractivity contribution in [1.29, 1.82) is 0 Å². The summed E-state index contributed by atoms with van der Waals surface area (Å²) in [6.45, 7) is 0.0963. The molecule has 2 aromatic carbocycles. The zero-order valence-electron chi connectivity index (χ0n) is 20.2. The standard InChI is InChI=1S/C28H30N4O4/c33-25-17-30(19-8-4-2-1-3-5-9-19)28(34)24-16-22-21-10-6-7-11-23(21)29-26(22)27(31(24)25)18-12-14-20(15-13-18)32(35)36/h6-7,10-15,19,24,27,29H,1-5,8-9,16-17H2/t24-,27?/m0/s1. The van der Waals surface area contributed by atoms with Crippen molar-refractivity contribution in [1.82, 2.24) is 14.8 Å². The van der Waals surface area contributed by atoms with Crippen LogP contribution in [0.15, 0.2) is 48.5 Å². The second kappa shape index (κ2) is 9.08. The van der Waals surface area contributed by atoms with E-state index in [9.17, 15) is 19.7 Å². The fourth-order valence-electron chi connectivity index (χ4n) is 6.47. The predicted molar refractivity (Wildman–Crippen MR) is 135 cm³/mol. The minimum Gasteiger partial charge on any atom is -0.356 e. The van der Waals surface area contributed by atoms with Gasteiger partial charge in [0, 0.05) is 41.2 Å². The van der Waals surface area contributed by atoms with Gasteiger partial charge in [-0.25, -0.2) is 0 Å². The number of rotatable bonds is 3. The maximum atomic E-state index is 14.0. The number of amides is 2. The van der Waals surface area contributed by atoms with E-state index in [4.69, 9.17) is 0 Å². The summed E-state index contributed by atoms with van der Waals surface area (Å²) in [7, 11) is 0. The monoisotopic (exact) mass is 486 g/mol. The zero-order valence-corrected chi connectivity index (χ0v) is 20.2. The zero-order chi connectivity index (χ0) is 24.8. The van der Waals surface area contributed by atoms with E-state index >= 15 is 0 Å². The Bertz CT molecular complexity index is 1320. The molecule has 1 N–H and O–H groups in total. The molecule has 186 valence electrons. The van der Waals surface area contributed by atoms with Gasteiger partial charge >= 0.3 is 0 Å². The van der Waals surface area contributed by atoms with Gasteiger partial charge in [0.05, 0.1) is 11.0 Å². The maximum absolute atomic E-state index is 14.0. The second-order valence-electron chi connectivity index (χ2n) is 10.3. The number of aromatic nitrogens is 1. The average molecular weight is 487 g/mol. The molecular weight excluding hydrogens is 456 g/mol. The predicted octanol–water partition coefficient (Wildman–Crippen LogP) is 4.87. The lowest BCUT2D eigenvalue weighted by Gasteiger charge is -2.49. The first-order valence-electron chi connectivity index (χ1n) is 13.0. The van der Waals surface area contributed by atoms with Crippen molar-refractivity contribution in [2.24, 2.45) is 0 Å². The molecule has 1 aromatic heterocycles. The molecule has 1 unspecified atom stereocenters. The Kier molecular flexibility index (Phi) is 5.74. The first kappa shape index (κ1) is 22.8. The van der Waals surface area contributed by atoms with Gasteiger partial charge in [-0.2, -0.15) is 0 Å². The van der Waals surface area contributed by atoms with Crippen molar-refractivity contribution in [3.8, 4) is 0 Å². The van der Waals surface area contributed by atoms with Crippen LogP contribution in [0.5, 0.6) is 0 Å². The van der Waals surface area contributed by atoms with E-state index < -0.39 is 17.0 Å². The van der Waals surface area contributed by atoms with E-state index in [0.717, 1.165) is 53.4 Å². The lowest BCUT2D eigenvalue weighted by molar-refractivity contribution is -0.384. The number of benzene rings is 2. The summed E-state index contributed by atoms with van der Waals surface area (Å²) in [5.74, 6) is -0.0302. The molecule has 3 aromatic rings. The van der Waals surface area contributed by atoms with Crippen LogP contribution in [0.25, 0.3) is 10.9 Å². The van der Waals surface area contributed by atoms with E-state index in [0.29, 0.717) is 6.42 Å². The van der Waals surface area contributed by atoms with Crippen LogP contribution in [0.2, 0.25) is 0 Å². The molecular formula is C28H30N4O4. The number of nitro groups is 1. The minimum absolute atomic E-state index is 0.000478. The van der Waals surface area contributed by atoms with Crippen LogP contribution in [0.3, 0.4) is 0 Å². The Morgan fingerprint density at radius 3 is 2.33 bits per heavy atom.